The molecule has 0 aliphatic heterocycles. The molecule has 4 N–H and O–H groups in total. The zero-order valence-electron chi connectivity index (χ0n) is 19.4. The summed E-state index contributed by atoms with van der Waals surface area (Å²) in [5.74, 6) is -0.546. The van der Waals surface area contributed by atoms with Crippen molar-refractivity contribution in [2.75, 3.05) is 29.0 Å². The van der Waals surface area contributed by atoms with Crippen LogP contribution in [-0.4, -0.2) is 33.5 Å². The lowest BCUT2D eigenvalue weighted by molar-refractivity contribution is -0.115. The average molecular weight is 489 g/mol. The van der Waals surface area contributed by atoms with E-state index in [0.29, 0.717) is 23.9 Å². The fourth-order valence-electron chi connectivity index (χ4n) is 3.46. The molecule has 11 heteroatoms. The number of thiazole rings is 1. The number of rotatable bonds is 10. The first-order valence-electron chi connectivity index (χ1n) is 11.1. The van der Waals surface area contributed by atoms with Crippen molar-refractivity contribution in [3.8, 4) is 11.3 Å². The van der Waals surface area contributed by atoms with Gasteiger partial charge in [0, 0.05) is 24.0 Å². The molecule has 1 aromatic carbocycles. The van der Waals surface area contributed by atoms with Gasteiger partial charge in [-0.05, 0) is 36.6 Å². The second kappa shape index (κ2) is 11.1. The molecule has 0 fully saturated rings. The van der Waals surface area contributed by atoms with E-state index in [1.54, 1.807) is 22.4 Å². The molecule has 2 heterocycles. The highest BCUT2D eigenvalue weighted by molar-refractivity contribution is 7.14. The Balaban J connectivity index is 1.82. The normalized spacial score (nSPS) is 11.1. The van der Waals surface area contributed by atoms with Crippen LogP contribution in [0.1, 0.15) is 33.6 Å². The third-order valence-electron chi connectivity index (χ3n) is 5.08. The first kappa shape index (κ1) is 25.2. The monoisotopic (exact) mass is 488 g/mol. The number of nitrogen functional groups attached to an aromatic ring is 1. The van der Waals surface area contributed by atoms with Gasteiger partial charge in [0.2, 0.25) is 5.91 Å². The second-order valence-electron chi connectivity index (χ2n) is 8.37. The fourth-order valence-corrected chi connectivity index (χ4v) is 4.20. The maximum atomic E-state index is 13.2. The van der Waals surface area contributed by atoms with Crippen LogP contribution in [0.4, 0.5) is 21.0 Å². The highest BCUT2D eigenvalue weighted by atomic mass is 32.1. The summed E-state index contributed by atoms with van der Waals surface area (Å²) in [6.45, 7) is 6.49. The molecule has 0 spiro atoms. The molecule has 0 aliphatic carbocycles. The summed E-state index contributed by atoms with van der Waals surface area (Å²) in [5, 5.41) is 4.90. The van der Waals surface area contributed by atoms with Crippen molar-refractivity contribution >= 4 is 33.9 Å². The Bertz CT molecular complexity index is 1250. The van der Waals surface area contributed by atoms with Gasteiger partial charge >= 0.3 is 5.69 Å². The van der Waals surface area contributed by atoms with E-state index in [9.17, 15) is 18.8 Å². The molecule has 0 saturated carbocycles. The number of unbranched alkanes of at least 4 members (excludes halogenated alkanes) is 1. The van der Waals surface area contributed by atoms with Crippen LogP contribution in [-0.2, 0) is 11.3 Å². The van der Waals surface area contributed by atoms with E-state index in [0.717, 1.165) is 18.4 Å². The van der Waals surface area contributed by atoms with Crippen molar-refractivity contribution < 1.29 is 9.18 Å². The second-order valence-corrected chi connectivity index (χ2v) is 9.22. The summed E-state index contributed by atoms with van der Waals surface area (Å²) in [6, 6.07) is 5.92. The average Bonchev–Trinajstić information content (AvgIpc) is 3.23. The number of aromatic nitrogens is 3. The number of hydrogen-bond donors (Lipinski definition) is 3. The lowest BCUT2D eigenvalue weighted by atomic mass is 10.2. The van der Waals surface area contributed by atoms with Gasteiger partial charge in [0.05, 0.1) is 12.2 Å². The van der Waals surface area contributed by atoms with E-state index >= 15 is 0 Å². The van der Waals surface area contributed by atoms with Crippen LogP contribution in [0.5, 0.6) is 0 Å². The minimum atomic E-state index is -0.626. The highest BCUT2D eigenvalue weighted by Gasteiger charge is 2.22. The molecule has 34 heavy (non-hydrogen) atoms. The van der Waals surface area contributed by atoms with Crippen molar-refractivity contribution in [2.24, 2.45) is 5.92 Å². The van der Waals surface area contributed by atoms with Crippen molar-refractivity contribution in [1.82, 2.24) is 14.5 Å². The molecule has 182 valence electrons. The summed E-state index contributed by atoms with van der Waals surface area (Å²) >= 11 is 1.24. The molecule has 0 bridgehead atoms. The highest BCUT2D eigenvalue weighted by Crippen LogP contribution is 2.25. The summed E-state index contributed by atoms with van der Waals surface area (Å²) < 4.78 is 14.5. The molecular formula is C23H29FN6O3S. The van der Waals surface area contributed by atoms with Crippen LogP contribution in [0.2, 0.25) is 0 Å². The summed E-state index contributed by atoms with van der Waals surface area (Å²) in [7, 11) is 0. The number of amides is 1. The van der Waals surface area contributed by atoms with Crippen LogP contribution in [0.15, 0.2) is 39.2 Å². The molecule has 3 rings (SSSR count). The standard InChI is InChI=1S/C23H29FN6O3S/c1-4-5-10-29(19-20(25)30(11-14(2)3)23(33)28-21(19)32)12-18(31)27-22-26-17(13-34-22)15-6-8-16(24)9-7-15/h6-9,13-14H,4-5,10-12,25H2,1-3H3,(H,26,27,31)(H,28,32,33). The van der Waals surface area contributed by atoms with Crippen LogP contribution in [0.3, 0.4) is 0 Å². The van der Waals surface area contributed by atoms with E-state index in [1.807, 2.05) is 20.8 Å². The van der Waals surface area contributed by atoms with Crippen LogP contribution < -0.4 is 27.2 Å². The van der Waals surface area contributed by atoms with Crippen molar-refractivity contribution in [1.29, 1.82) is 0 Å². The number of H-pyrrole nitrogens is 1. The molecule has 0 aliphatic rings. The molecule has 0 unspecified atom stereocenters. The number of carbonyl (C=O) groups is 1. The van der Waals surface area contributed by atoms with E-state index in [-0.39, 0.29) is 35.7 Å². The number of nitrogens with one attached hydrogen (secondary N) is 2. The van der Waals surface area contributed by atoms with Gasteiger partial charge in [0.25, 0.3) is 5.56 Å². The van der Waals surface area contributed by atoms with Crippen molar-refractivity contribution in [3.05, 3.63) is 56.3 Å². The predicted molar refractivity (Wildman–Crippen MR) is 134 cm³/mol. The van der Waals surface area contributed by atoms with Crippen LogP contribution in [0, 0.1) is 11.7 Å². The number of aromatic amines is 1. The Morgan fingerprint density at radius 1 is 1.29 bits per heavy atom. The lowest BCUT2D eigenvalue weighted by Crippen LogP contribution is -2.42. The number of nitrogens with two attached hydrogens (primary N) is 1. The van der Waals surface area contributed by atoms with Gasteiger partial charge < -0.3 is 16.0 Å². The molecule has 0 atom stereocenters. The van der Waals surface area contributed by atoms with E-state index in [2.05, 4.69) is 15.3 Å². The Kier molecular flexibility index (Phi) is 8.21. The van der Waals surface area contributed by atoms with Gasteiger partial charge in [0.15, 0.2) is 5.13 Å². The summed E-state index contributed by atoms with van der Waals surface area (Å²) in [6.07, 6.45) is 1.57. The zero-order chi connectivity index (χ0) is 24.8. The topological polar surface area (TPSA) is 126 Å². The Labute approximate surface area is 200 Å². The maximum Gasteiger partial charge on any atom is 0.330 e. The Hall–Kier alpha value is -3.47. The lowest BCUT2D eigenvalue weighted by Gasteiger charge is -2.25. The molecule has 0 radical (unpaired) electrons. The van der Waals surface area contributed by atoms with Gasteiger partial charge in [0.1, 0.15) is 17.3 Å². The van der Waals surface area contributed by atoms with Crippen LogP contribution >= 0.6 is 11.3 Å². The summed E-state index contributed by atoms with van der Waals surface area (Å²) in [5.41, 5.74) is 6.50. The number of benzene rings is 1. The minimum Gasteiger partial charge on any atom is -0.383 e. The van der Waals surface area contributed by atoms with E-state index < -0.39 is 11.2 Å². The Morgan fingerprint density at radius 3 is 2.65 bits per heavy atom. The molecule has 2 aromatic heterocycles. The third-order valence-corrected chi connectivity index (χ3v) is 5.84. The van der Waals surface area contributed by atoms with Crippen LogP contribution in [0.25, 0.3) is 11.3 Å². The summed E-state index contributed by atoms with van der Waals surface area (Å²) in [4.78, 5) is 46.1. The number of carbonyl (C=O) groups excluding carboxylic acids is 1. The minimum absolute atomic E-state index is 0.0409. The van der Waals surface area contributed by atoms with Gasteiger partial charge in [-0.2, -0.15) is 0 Å². The molecular weight excluding hydrogens is 459 g/mol. The number of nitrogens with zero attached hydrogens (tertiary/aromatic N) is 3. The number of halogens is 1. The molecule has 0 saturated heterocycles. The fraction of sp³-hybridized carbons (Fsp3) is 0.391. The Morgan fingerprint density at radius 2 is 2.00 bits per heavy atom. The predicted octanol–water partition coefficient (Wildman–Crippen LogP) is 3.28. The van der Waals surface area contributed by atoms with Gasteiger partial charge in [-0.15, -0.1) is 11.3 Å². The zero-order valence-corrected chi connectivity index (χ0v) is 20.2. The van der Waals surface area contributed by atoms with Crippen molar-refractivity contribution in [2.45, 2.75) is 40.2 Å². The van der Waals surface area contributed by atoms with Crippen molar-refractivity contribution in [3.63, 3.8) is 0 Å². The third kappa shape index (κ3) is 6.10. The van der Waals surface area contributed by atoms with Gasteiger partial charge in [-0.25, -0.2) is 14.2 Å². The smallest absolute Gasteiger partial charge is 0.330 e. The van der Waals surface area contributed by atoms with Gasteiger partial charge in [-0.1, -0.05) is 27.2 Å². The molecule has 9 nitrogen and oxygen atoms in total. The first-order chi connectivity index (χ1) is 16.2. The first-order valence-corrected chi connectivity index (χ1v) is 12.0. The quantitative estimate of drug-likeness (QED) is 0.402. The maximum absolute atomic E-state index is 13.2. The largest absolute Gasteiger partial charge is 0.383 e. The van der Waals surface area contributed by atoms with E-state index in [1.165, 1.54) is 28.0 Å². The number of hydrogen-bond acceptors (Lipinski definition) is 7. The van der Waals surface area contributed by atoms with E-state index in [4.69, 9.17) is 5.73 Å². The molecule has 3 aromatic rings. The SMILES string of the molecule is CCCCN(CC(=O)Nc1nc(-c2ccc(F)cc2)cs1)c1c(N)n(CC(C)C)c(=O)[nH]c1=O. The number of anilines is 3. The molecule has 1 amide bonds. The van der Waals surface area contributed by atoms with Gasteiger partial charge in [-0.3, -0.25) is 19.1 Å².